The molecule has 130 valence electrons. The molecular weight excluding hydrogens is 351 g/mol. The zero-order valence-electron chi connectivity index (χ0n) is 14.3. The maximum absolute atomic E-state index is 14.4. The van der Waals surface area contributed by atoms with E-state index in [0.717, 1.165) is 22.6 Å². The zero-order chi connectivity index (χ0) is 18.3. The molecule has 1 aromatic carbocycles. The van der Waals surface area contributed by atoms with E-state index in [2.05, 4.69) is 15.3 Å². The van der Waals surface area contributed by atoms with Gasteiger partial charge in [0.2, 0.25) is 0 Å². The summed E-state index contributed by atoms with van der Waals surface area (Å²) in [4.78, 5) is 8.48. The Balaban J connectivity index is 2.00. The summed E-state index contributed by atoms with van der Waals surface area (Å²) in [5.74, 6) is 0.242. The molecular formula is C20H16ClFN4. The molecule has 0 aliphatic carbocycles. The van der Waals surface area contributed by atoms with Gasteiger partial charge in [-0.05, 0) is 43.7 Å². The van der Waals surface area contributed by atoms with Gasteiger partial charge in [0.05, 0.1) is 16.9 Å². The third-order valence-corrected chi connectivity index (χ3v) is 4.65. The lowest BCUT2D eigenvalue weighted by atomic mass is 10.1. The predicted molar refractivity (Wildman–Crippen MR) is 103 cm³/mol. The van der Waals surface area contributed by atoms with E-state index in [1.54, 1.807) is 12.3 Å². The van der Waals surface area contributed by atoms with Crippen LogP contribution in [0.15, 0.2) is 54.9 Å². The van der Waals surface area contributed by atoms with Gasteiger partial charge >= 0.3 is 0 Å². The van der Waals surface area contributed by atoms with Crippen molar-refractivity contribution in [2.45, 2.75) is 13.8 Å². The molecule has 4 rings (SSSR count). The van der Waals surface area contributed by atoms with E-state index in [-0.39, 0.29) is 0 Å². The first-order valence-electron chi connectivity index (χ1n) is 8.16. The maximum atomic E-state index is 14.4. The number of para-hydroxylation sites is 1. The fourth-order valence-electron chi connectivity index (χ4n) is 3.03. The highest BCUT2D eigenvalue weighted by Gasteiger charge is 2.19. The maximum Gasteiger partial charge on any atom is 0.151 e. The molecule has 0 bridgehead atoms. The summed E-state index contributed by atoms with van der Waals surface area (Å²) >= 11 is 6.39. The van der Waals surface area contributed by atoms with E-state index in [4.69, 9.17) is 11.6 Å². The van der Waals surface area contributed by atoms with E-state index in [0.29, 0.717) is 22.1 Å². The molecule has 6 heteroatoms. The fraction of sp³-hybridized carbons (Fsp3) is 0.100. The van der Waals surface area contributed by atoms with Gasteiger partial charge in [-0.25, -0.2) is 9.37 Å². The molecule has 4 nitrogen and oxygen atoms in total. The van der Waals surface area contributed by atoms with Crippen LogP contribution in [0, 0.1) is 19.7 Å². The molecule has 3 heterocycles. The molecule has 1 N–H and O–H groups in total. The van der Waals surface area contributed by atoms with Crippen LogP contribution in [0.1, 0.15) is 11.3 Å². The van der Waals surface area contributed by atoms with Gasteiger partial charge in [-0.3, -0.25) is 9.38 Å². The summed E-state index contributed by atoms with van der Waals surface area (Å²) < 4.78 is 16.4. The van der Waals surface area contributed by atoms with Crippen molar-refractivity contribution in [1.82, 2.24) is 14.4 Å². The van der Waals surface area contributed by atoms with E-state index < -0.39 is 5.82 Å². The Hall–Kier alpha value is -2.92. The number of hydrogen-bond acceptors (Lipinski definition) is 3. The summed E-state index contributed by atoms with van der Waals surface area (Å²) in [6.45, 7) is 3.95. The van der Waals surface area contributed by atoms with E-state index in [9.17, 15) is 4.39 Å². The number of aromatic nitrogens is 3. The predicted octanol–water partition coefficient (Wildman–Crippen LogP) is 5.55. The molecule has 0 fully saturated rings. The second kappa shape index (κ2) is 6.42. The van der Waals surface area contributed by atoms with Crippen LogP contribution < -0.4 is 5.32 Å². The summed E-state index contributed by atoms with van der Waals surface area (Å²) in [6.07, 6.45) is 2.75. The number of aryl methyl sites for hydroxylation is 2. The lowest BCUT2D eigenvalue weighted by Gasteiger charge is -2.14. The number of fused-ring (bicyclic) bond motifs is 1. The van der Waals surface area contributed by atoms with Crippen LogP contribution in [0.3, 0.4) is 0 Å². The Bertz CT molecular complexity index is 1100. The van der Waals surface area contributed by atoms with Gasteiger partial charge in [0.15, 0.2) is 5.82 Å². The minimum absolute atomic E-state index is 0.385. The summed E-state index contributed by atoms with van der Waals surface area (Å²) in [5.41, 5.74) is 4.36. The first-order valence-corrected chi connectivity index (χ1v) is 8.54. The highest BCUT2D eigenvalue weighted by molar-refractivity contribution is 6.33. The van der Waals surface area contributed by atoms with E-state index in [1.807, 2.05) is 54.6 Å². The van der Waals surface area contributed by atoms with Gasteiger partial charge < -0.3 is 5.32 Å². The molecule has 26 heavy (non-hydrogen) atoms. The molecule has 0 spiro atoms. The zero-order valence-corrected chi connectivity index (χ0v) is 15.0. The molecule has 0 saturated carbocycles. The Morgan fingerprint density at radius 3 is 2.65 bits per heavy atom. The Morgan fingerprint density at radius 2 is 1.88 bits per heavy atom. The van der Waals surface area contributed by atoms with Crippen molar-refractivity contribution in [3.8, 4) is 11.3 Å². The highest BCUT2D eigenvalue weighted by atomic mass is 35.5. The molecule has 3 aromatic heterocycles. The van der Waals surface area contributed by atoms with Gasteiger partial charge in [0, 0.05) is 17.5 Å². The number of hydrogen-bond donors (Lipinski definition) is 1. The quantitative estimate of drug-likeness (QED) is 0.517. The standard InChI is InChI=1S/C20H16ClFN4/c1-12-5-3-7-15(21)18(12)25-20-19(14-9-10-23-11-16(14)22)24-17-8-4-6-13(2)26(17)20/h3-11,25H,1-2H3. The van der Waals surface area contributed by atoms with Crippen molar-refractivity contribution < 1.29 is 4.39 Å². The molecule has 0 radical (unpaired) electrons. The van der Waals surface area contributed by atoms with Gasteiger partial charge in [0.1, 0.15) is 17.2 Å². The smallest absolute Gasteiger partial charge is 0.151 e. The number of nitrogens with one attached hydrogen (secondary N) is 1. The number of nitrogens with zero attached hydrogens (tertiary/aromatic N) is 3. The average molecular weight is 367 g/mol. The molecule has 0 unspecified atom stereocenters. The summed E-state index contributed by atoms with van der Waals surface area (Å²) in [5, 5.41) is 3.97. The highest BCUT2D eigenvalue weighted by Crippen LogP contribution is 2.36. The topological polar surface area (TPSA) is 42.2 Å². The number of anilines is 2. The molecule has 0 atom stereocenters. The number of rotatable bonds is 3. The van der Waals surface area contributed by atoms with Crippen molar-refractivity contribution in [1.29, 1.82) is 0 Å². The van der Waals surface area contributed by atoms with Gasteiger partial charge in [-0.2, -0.15) is 0 Å². The van der Waals surface area contributed by atoms with Crippen LogP contribution in [0.25, 0.3) is 16.9 Å². The van der Waals surface area contributed by atoms with Crippen molar-refractivity contribution in [3.05, 3.63) is 77.0 Å². The lowest BCUT2D eigenvalue weighted by molar-refractivity contribution is 0.624. The number of imidazole rings is 1. The largest absolute Gasteiger partial charge is 0.338 e. The minimum atomic E-state index is -0.424. The molecule has 0 aliphatic heterocycles. The summed E-state index contributed by atoms with van der Waals surface area (Å²) in [6, 6.07) is 13.1. The lowest BCUT2D eigenvalue weighted by Crippen LogP contribution is -2.02. The first-order chi connectivity index (χ1) is 12.6. The Kier molecular flexibility index (Phi) is 4.09. The fourth-order valence-corrected chi connectivity index (χ4v) is 3.30. The molecule has 0 saturated heterocycles. The Morgan fingerprint density at radius 1 is 1.08 bits per heavy atom. The van der Waals surface area contributed by atoms with Crippen LogP contribution in [0.2, 0.25) is 5.02 Å². The van der Waals surface area contributed by atoms with E-state index >= 15 is 0 Å². The average Bonchev–Trinajstić information content (AvgIpc) is 2.98. The van der Waals surface area contributed by atoms with Gasteiger partial charge in [0.25, 0.3) is 0 Å². The normalized spacial score (nSPS) is 11.1. The van der Waals surface area contributed by atoms with Gasteiger partial charge in [-0.1, -0.05) is 29.8 Å². The van der Waals surface area contributed by atoms with E-state index in [1.165, 1.54) is 6.20 Å². The van der Waals surface area contributed by atoms with Crippen LogP contribution >= 0.6 is 11.6 Å². The molecule has 0 amide bonds. The van der Waals surface area contributed by atoms with Crippen molar-refractivity contribution >= 4 is 28.8 Å². The Labute approximate surface area is 155 Å². The first kappa shape index (κ1) is 16.5. The molecule has 4 aromatic rings. The van der Waals surface area contributed by atoms with Crippen LogP contribution in [-0.2, 0) is 0 Å². The van der Waals surface area contributed by atoms with Crippen molar-refractivity contribution in [2.24, 2.45) is 0 Å². The van der Waals surface area contributed by atoms with Crippen molar-refractivity contribution in [2.75, 3.05) is 5.32 Å². The number of benzene rings is 1. The summed E-state index contributed by atoms with van der Waals surface area (Å²) in [7, 11) is 0. The minimum Gasteiger partial charge on any atom is -0.338 e. The monoisotopic (exact) mass is 366 g/mol. The SMILES string of the molecule is Cc1cccc(Cl)c1Nc1c(-c2ccncc2F)nc2cccc(C)n12. The number of pyridine rings is 2. The van der Waals surface area contributed by atoms with Crippen LogP contribution in [0.4, 0.5) is 15.9 Å². The van der Waals surface area contributed by atoms with Crippen LogP contribution in [-0.4, -0.2) is 14.4 Å². The molecule has 0 aliphatic rings. The number of halogens is 2. The third-order valence-electron chi connectivity index (χ3n) is 4.33. The van der Waals surface area contributed by atoms with Crippen LogP contribution in [0.5, 0.6) is 0 Å². The van der Waals surface area contributed by atoms with Crippen molar-refractivity contribution in [3.63, 3.8) is 0 Å². The third kappa shape index (κ3) is 2.70. The second-order valence-electron chi connectivity index (χ2n) is 6.08. The van der Waals surface area contributed by atoms with Gasteiger partial charge in [-0.15, -0.1) is 0 Å². The second-order valence-corrected chi connectivity index (χ2v) is 6.49.